The second kappa shape index (κ2) is 4.83. The normalized spacial score (nSPS) is 18.5. The van der Waals surface area contributed by atoms with Crippen LogP contribution in [0.25, 0.3) is 0 Å². The first-order valence-corrected chi connectivity index (χ1v) is 5.88. The first-order chi connectivity index (χ1) is 8.08. The molecule has 0 amide bonds. The zero-order valence-corrected chi connectivity index (χ0v) is 10.3. The molecule has 0 atom stereocenters. The lowest BCUT2D eigenvalue weighted by atomic mass is 9.97. The summed E-state index contributed by atoms with van der Waals surface area (Å²) in [7, 11) is 1.95. The number of aromatic nitrogens is 3. The van der Waals surface area contributed by atoms with Crippen LogP contribution in [0.5, 0.6) is 0 Å². The molecule has 1 aliphatic rings. The Hall–Kier alpha value is -1.43. The highest BCUT2D eigenvalue weighted by Crippen LogP contribution is 2.18. The van der Waals surface area contributed by atoms with Crippen molar-refractivity contribution in [1.29, 1.82) is 0 Å². The SMILES string of the molecule is Cc1nnc(CN2CCC(C(=O)O)CC2)n1C. The predicted octanol–water partition coefficient (Wildman–Crippen LogP) is 0.420. The molecule has 1 aromatic heterocycles. The number of aliphatic carboxylic acids is 1. The molecule has 2 rings (SSSR count). The van der Waals surface area contributed by atoms with E-state index in [-0.39, 0.29) is 5.92 Å². The van der Waals surface area contributed by atoms with E-state index >= 15 is 0 Å². The summed E-state index contributed by atoms with van der Waals surface area (Å²) in [6.07, 6.45) is 1.46. The lowest BCUT2D eigenvalue weighted by molar-refractivity contribution is -0.143. The van der Waals surface area contributed by atoms with Crippen molar-refractivity contribution in [2.45, 2.75) is 26.3 Å². The molecule has 1 N–H and O–H groups in total. The van der Waals surface area contributed by atoms with Gasteiger partial charge < -0.3 is 9.67 Å². The number of rotatable bonds is 3. The lowest BCUT2D eigenvalue weighted by Gasteiger charge is -2.29. The number of piperidine rings is 1. The molecule has 0 radical (unpaired) electrons. The summed E-state index contributed by atoms with van der Waals surface area (Å²) in [5.74, 6) is 1.00. The van der Waals surface area contributed by atoms with Crippen molar-refractivity contribution in [3.63, 3.8) is 0 Å². The highest BCUT2D eigenvalue weighted by molar-refractivity contribution is 5.70. The van der Waals surface area contributed by atoms with E-state index < -0.39 is 5.97 Å². The maximum absolute atomic E-state index is 10.8. The van der Waals surface area contributed by atoms with Gasteiger partial charge in [0.05, 0.1) is 12.5 Å². The Labute approximate surface area is 100 Å². The summed E-state index contributed by atoms with van der Waals surface area (Å²) >= 11 is 0. The van der Waals surface area contributed by atoms with Gasteiger partial charge in [0, 0.05) is 7.05 Å². The molecular formula is C11H18N4O2. The molecule has 1 aliphatic heterocycles. The Balaban J connectivity index is 1.90. The van der Waals surface area contributed by atoms with Gasteiger partial charge in [0.25, 0.3) is 0 Å². The Bertz CT molecular complexity index is 408. The third-order valence-corrected chi connectivity index (χ3v) is 3.48. The highest BCUT2D eigenvalue weighted by atomic mass is 16.4. The van der Waals surface area contributed by atoms with Crippen LogP contribution in [0.4, 0.5) is 0 Å². The Kier molecular flexibility index (Phi) is 3.42. The maximum Gasteiger partial charge on any atom is 0.306 e. The molecule has 17 heavy (non-hydrogen) atoms. The molecule has 1 aromatic rings. The van der Waals surface area contributed by atoms with Crippen molar-refractivity contribution in [2.24, 2.45) is 13.0 Å². The van der Waals surface area contributed by atoms with E-state index in [4.69, 9.17) is 5.11 Å². The van der Waals surface area contributed by atoms with Crippen LogP contribution in [0.2, 0.25) is 0 Å². The zero-order valence-electron chi connectivity index (χ0n) is 10.3. The average molecular weight is 238 g/mol. The van der Waals surface area contributed by atoms with Crippen molar-refractivity contribution in [3.05, 3.63) is 11.6 Å². The largest absolute Gasteiger partial charge is 0.481 e. The number of hydrogen-bond donors (Lipinski definition) is 1. The quantitative estimate of drug-likeness (QED) is 0.826. The van der Waals surface area contributed by atoms with Gasteiger partial charge in [0.15, 0.2) is 0 Å². The van der Waals surface area contributed by atoms with Gasteiger partial charge in [0.1, 0.15) is 11.6 Å². The lowest BCUT2D eigenvalue weighted by Crippen LogP contribution is -2.36. The van der Waals surface area contributed by atoms with Gasteiger partial charge in [-0.25, -0.2) is 0 Å². The van der Waals surface area contributed by atoms with Crippen molar-refractivity contribution in [2.75, 3.05) is 13.1 Å². The molecule has 0 bridgehead atoms. The molecular weight excluding hydrogens is 220 g/mol. The van der Waals surface area contributed by atoms with Crippen LogP contribution in [-0.2, 0) is 18.4 Å². The van der Waals surface area contributed by atoms with Crippen LogP contribution in [0.15, 0.2) is 0 Å². The number of likely N-dealkylation sites (tertiary alicyclic amines) is 1. The van der Waals surface area contributed by atoms with Gasteiger partial charge in [-0.05, 0) is 32.9 Å². The Morgan fingerprint density at radius 3 is 2.53 bits per heavy atom. The molecule has 0 aromatic carbocycles. The van der Waals surface area contributed by atoms with Gasteiger partial charge in [-0.15, -0.1) is 10.2 Å². The van der Waals surface area contributed by atoms with Gasteiger partial charge in [-0.3, -0.25) is 9.69 Å². The van der Waals surface area contributed by atoms with Crippen LogP contribution in [0, 0.1) is 12.8 Å². The molecule has 94 valence electrons. The minimum Gasteiger partial charge on any atom is -0.481 e. The monoisotopic (exact) mass is 238 g/mol. The second-order valence-electron chi connectivity index (χ2n) is 4.61. The number of aryl methyl sites for hydroxylation is 1. The molecule has 6 heteroatoms. The topological polar surface area (TPSA) is 71.2 Å². The molecule has 0 saturated carbocycles. The molecule has 2 heterocycles. The number of hydrogen-bond acceptors (Lipinski definition) is 4. The minimum atomic E-state index is -0.667. The van der Waals surface area contributed by atoms with Crippen molar-refractivity contribution >= 4 is 5.97 Å². The molecule has 6 nitrogen and oxygen atoms in total. The standard InChI is InChI=1S/C11H18N4O2/c1-8-12-13-10(14(8)2)7-15-5-3-9(4-6-15)11(16)17/h9H,3-7H2,1-2H3,(H,16,17). The highest BCUT2D eigenvalue weighted by Gasteiger charge is 2.25. The zero-order chi connectivity index (χ0) is 12.4. The predicted molar refractivity (Wildman–Crippen MR) is 61.4 cm³/mol. The number of carboxylic acid groups (broad SMARTS) is 1. The van der Waals surface area contributed by atoms with Crippen molar-refractivity contribution in [3.8, 4) is 0 Å². The van der Waals surface area contributed by atoms with E-state index in [1.165, 1.54) is 0 Å². The average Bonchev–Trinajstić information content (AvgIpc) is 2.62. The Morgan fingerprint density at radius 1 is 1.41 bits per heavy atom. The number of carbonyl (C=O) groups is 1. The maximum atomic E-state index is 10.8. The van der Waals surface area contributed by atoms with E-state index in [1.807, 2.05) is 18.5 Å². The molecule has 0 spiro atoms. The molecule has 0 aliphatic carbocycles. The third-order valence-electron chi connectivity index (χ3n) is 3.48. The van der Waals surface area contributed by atoms with E-state index in [2.05, 4.69) is 15.1 Å². The van der Waals surface area contributed by atoms with Crippen LogP contribution in [0.3, 0.4) is 0 Å². The van der Waals surface area contributed by atoms with Crippen LogP contribution in [0.1, 0.15) is 24.5 Å². The molecule has 1 saturated heterocycles. The summed E-state index contributed by atoms with van der Waals surface area (Å²) in [5.41, 5.74) is 0. The van der Waals surface area contributed by atoms with Crippen molar-refractivity contribution in [1.82, 2.24) is 19.7 Å². The molecule has 0 unspecified atom stereocenters. The molecule has 1 fully saturated rings. The van der Waals surface area contributed by atoms with Gasteiger partial charge in [0.2, 0.25) is 0 Å². The first kappa shape index (κ1) is 12.0. The first-order valence-electron chi connectivity index (χ1n) is 5.88. The fourth-order valence-corrected chi connectivity index (χ4v) is 2.13. The van der Waals surface area contributed by atoms with E-state index in [0.29, 0.717) is 0 Å². The van der Waals surface area contributed by atoms with E-state index in [9.17, 15) is 4.79 Å². The Morgan fingerprint density at radius 2 is 2.06 bits per heavy atom. The van der Waals surface area contributed by atoms with E-state index in [0.717, 1.165) is 44.1 Å². The summed E-state index contributed by atoms with van der Waals surface area (Å²) in [6, 6.07) is 0. The van der Waals surface area contributed by atoms with Gasteiger partial charge in [-0.2, -0.15) is 0 Å². The summed E-state index contributed by atoms with van der Waals surface area (Å²) in [5, 5.41) is 17.1. The second-order valence-corrected chi connectivity index (χ2v) is 4.61. The minimum absolute atomic E-state index is 0.174. The van der Waals surface area contributed by atoms with Gasteiger partial charge in [-0.1, -0.05) is 0 Å². The third kappa shape index (κ3) is 2.63. The van der Waals surface area contributed by atoms with E-state index in [1.54, 1.807) is 0 Å². The van der Waals surface area contributed by atoms with Crippen LogP contribution >= 0.6 is 0 Å². The van der Waals surface area contributed by atoms with Gasteiger partial charge >= 0.3 is 5.97 Å². The van der Waals surface area contributed by atoms with Crippen molar-refractivity contribution < 1.29 is 9.90 Å². The summed E-state index contributed by atoms with van der Waals surface area (Å²) in [4.78, 5) is 13.1. The fourth-order valence-electron chi connectivity index (χ4n) is 2.13. The number of carboxylic acids is 1. The summed E-state index contributed by atoms with van der Waals surface area (Å²) < 4.78 is 1.98. The smallest absolute Gasteiger partial charge is 0.306 e. The van der Waals surface area contributed by atoms with Crippen LogP contribution in [-0.4, -0.2) is 43.8 Å². The fraction of sp³-hybridized carbons (Fsp3) is 0.727. The van der Waals surface area contributed by atoms with Crippen LogP contribution < -0.4 is 0 Å². The number of nitrogens with zero attached hydrogens (tertiary/aromatic N) is 4. The summed E-state index contributed by atoms with van der Waals surface area (Å²) in [6.45, 7) is 4.32.